The number of anilines is 1. The molecule has 0 saturated carbocycles. The lowest BCUT2D eigenvalue weighted by atomic mass is 10.4. The van der Waals surface area contributed by atoms with Crippen LogP contribution in [0.3, 0.4) is 0 Å². The number of rotatable bonds is 2. The number of imidazole rings is 1. The van der Waals surface area contributed by atoms with Crippen molar-refractivity contribution in [3.05, 3.63) is 36.5 Å². The van der Waals surface area contributed by atoms with Gasteiger partial charge in [-0.2, -0.15) is 0 Å². The Morgan fingerprint density at radius 1 is 1.44 bits per heavy atom. The number of nitrogens with two attached hydrogens (primary N) is 1. The molecule has 0 fully saturated rings. The van der Waals surface area contributed by atoms with E-state index in [0.717, 1.165) is 5.69 Å². The third kappa shape index (κ3) is 1.60. The predicted molar refractivity (Wildman–Crippen MR) is 57.1 cm³/mol. The minimum atomic E-state index is -0.551. The van der Waals surface area contributed by atoms with E-state index in [2.05, 4.69) is 14.7 Å². The molecule has 2 heterocycles. The smallest absolute Gasteiger partial charge is 0.360 e. The summed E-state index contributed by atoms with van der Waals surface area (Å²) in [5, 5.41) is 0. The monoisotopic (exact) mass is 218 g/mol. The van der Waals surface area contributed by atoms with E-state index in [0.29, 0.717) is 0 Å². The number of ether oxygens (including phenoxy) is 1. The lowest BCUT2D eigenvalue weighted by Gasteiger charge is -2.04. The van der Waals surface area contributed by atoms with E-state index in [9.17, 15) is 4.79 Å². The van der Waals surface area contributed by atoms with Crippen LogP contribution in [0.2, 0.25) is 0 Å². The summed E-state index contributed by atoms with van der Waals surface area (Å²) in [6.07, 6.45) is 4.73. The van der Waals surface area contributed by atoms with Gasteiger partial charge in [0, 0.05) is 12.4 Å². The number of aromatic nitrogens is 3. The Bertz CT molecular complexity index is 507. The second kappa shape index (κ2) is 4.01. The molecule has 82 valence electrons. The van der Waals surface area contributed by atoms with Crippen molar-refractivity contribution in [1.82, 2.24) is 14.5 Å². The van der Waals surface area contributed by atoms with Gasteiger partial charge in [-0.15, -0.1) is 0 Å². The maximum atomic E-state index is 11.3. The third-order valence-corrected chi connectivity index (χ3v) is 2.12. The zero-order valence-electron chi connectivity index (χ0n) is 8.62. The number of nitrogens with zero attached hydrogens (tertiary/aromatic N) is 3. The van der Waals surface area contributed by atoms with Crippen molar-refractivity contribution < 1.29 is 9.53 Å². The molecule has 0 aliphatic carbocycles. The molecule has 0 amide bonds. The number of carbonyl (C=O) groups is 1. The summed E-state index contributed by atoms with van der Waals surface area (Å²) in [4.78, 5) is 19.1. The summed E-state index contributed by atoms with van der Waals surface area (Å²) in [5.41, 5.74) is 6.69. The average molecular weight is 218 g/mol. The highest BCUT2D eigenvalue weighted by Gasteiger charge is 2.16. The SMILES string of the molecule is COC(=O)c1ncn(-c2ccncc2)c1N. The molecule has 0 atom stereocenters. The fraction of sp³-hybridized carbons (Fsp3) is 0.100. The van der Waals surface area contributed by atoms with Crippen LogP contribution in [0.15, 0.2) is 30.9 Å². The van der Waals surface area contributed by atoms with Crippen LogP contribution in [0.5, 0.6) is 0 Å². The third-order valence-electron chi connectivity index (χ3n) is 2.12. The fourth-order valence-electron chi connectivity index (χ4n) is 1.32. The zero-order valence-corrected chi connectivity index (χ0v) is 8.62. The average Bonchev–Trinajstić information content (AvgIpc) is 2.71. The van der Waals surface area contributed by atoms with Gasteiger partial charge in [0.1, 0.15) is 12.1 Å². The van der Waals surface area contributed by atoms with Crippen LogP contribution < -0.4 is 5.73 Å². The minimum absolute atomic E-state index is 0.110. The number of methoxy groups -OCH3 is 1. The summed E-state index contributed by atoms with van der Waals surface area (Å²) in [6, 6.07) is 3.53. The van der Waals surface area contributed by atoms with Crippen LogP contribution in [-0.4, -0.2) is 27.6 Å². The maximum absolute atomic E-state index is 11.3. The van der Waals surface area contributed by atoms with Gasteiger partial charge >= 0.3 is 5.97 Å². The molecule has 0 aromatic carbocycles. The standard InChI is InChI=1S/C10H10N4O2/c1-16-10(15)8-9(11)14(6-13-8)7-2-4-12-5-3-7/h2-6H,11H2,1H3. The van der Waals surface area contributed by atoms with Crippen molar-refractivity contribution in [3.8, 4) is 5.69 Å². The topological polar surface area (TPSA) is 83.0 Å². The first-order valence-electron chi connectivity index (χ1n) is 4.55. The minimum Gasteiger partial charge on any atom is -0.464 e. The van der Waals surface area contributed by atoms with E-state index in [4.69, 9.17) is 5.73 Å². The summed E-state index contributed by atoms with van der Waals surface area (Å²) in [6.45, 7) is 0. The van der Waals surface area contributed by atoms with Gasteiger partial charge in [-0.25, -0.2) is 9.78 Å². The first-order valence-corrected chi connectivity index (χ1v) is 4.55. The van der Waals surface area contributed by atoms with Crippen molar-refractivity contribution in [2.45, 2.75) is 0 Å². The van der Waals surface area contributed by atoms with Crippen LogP contribution in [0.1, 0.15) is 10.5 Å². The van der Waals surface area contributed by atoms with Crippen molar-refractivity contribution >= 4 is 11.8 Å². The summed E-state index contributed by atoms with van der Waals surface area (Å²) in [7, 11) is 1.28. The quantitative estimate of drug-likeness (QED) is 0.748. The molecular weight excluding hydrogens is 208 g/mol. The molecule has 0 unspecified atom stereocenters. The number of esters is 1. The van der Waals surface area contributed by atoms with Gasteiger partial charge in [-0.3, -0.25) is 9.55 Å². The van der Waals surface area contributed by atoms with E-state index >= 15 is 0 Å². The van der Waals surface area contributed by atoms with Gasteiger partial charge in [-0.05, 0) is 12.1 Å². The Kier molecular flexibility index (Phi) is 2.55. The van der Waals surface area contributed by atoms with Gasteiger partial charge in [-0.1, -0.05) is 0 Å². The van der Waals surface area contributed by atoms with Crippen LogP contribution in [0, 0.1) is 0 Å². The van der Waals surface area contributed by atoms with Crippen LogP contribution in [0.25, 0.3) is 5.69 Å². The molecule has 0 aliphatic heterocycles. The maximum Gasteiger partial charge on any atom is 0.360 e. The number of pyridine rings is 1. The van der Waals surface area contributed by atoms with Gasteiger partial charge in [0.2, 0.25) is 0 Å². The predicted octanol–water partition coefficient (Wildman–Crippen LogP) is 0.636. The Morgan fingerprint density at radius 3 is 2.75 bits per heavy atom. The Morgan fingerprint density at radius 2 is 2.12 bits per heavy atom. The number of hydrogen-bond acceptors (Lipinski definition) is 5. The van der Waals surface area contributed by atoms with Crippen LogP contribution in [-0.2, 0) is 4.74 Å². The summed E-state index contributed by atoms with van der Waals surface area (Å²) < 4.78 is 6.15. The largest absolute Gasteiger partial charge is 0.464 e. The highest BCUT2D eigenvalue weighted by Crippen LogP contribution is 2.16. The van der Waals surface area contributed by atoms with Crippen molar-refractivity contribution in [1.29, 1.82) is 0 Å². The Hall–Kier alpha value is -2.37. The van der Waals surface area contributed by atoms with Gasteiger partial charge in [0.25, 0.3) is 0 Å². The van der Waals surface area contributed by atoms with E-state index in [1.54, 1.807) is 29.1 Å². The molecule has 0 radical (unpaired) electrons. The molecule has 2 rings (SSSR count). The van der Waals surface area contributed by atoms with E-state index < -0.39 is 5.97 Å². The fourth-order valence-corrected chi connectivity index (χ4v) is 1.32. The summed E-state index contributed by atoms with van der Waals surface area (Å²) >= 11 is 0. The van der Waals surface area contributed by atoms with Crippen LogP contribution >= 0.6 is 0 Å². The first-order chi connectivity index (χ1) is 7.74. The number of nitrogen functional groups attached to an aromatic ring is 1. The molecule has 6 heteroatoms. The molecule has 2 aromatic heterocycles. The summed E-state index contributed by atoms with van der Waals surface area (Å²) in [5.74, 6) is -0.302. The molecule has 2 N–H and O–H groups in total. The molecule has 0 spiro atoms. The number of hydrogen-bond donors (Lipinski definition) is 1. The second-order valence-electron chi connectivity index (χ2n) is 3.05. The lowest BCUT2D eigenvalue weighted by molar-refractivity contribution is 0.0596. The molecule has 16 heavy (non-hydrogen) atoms. The highest BCUT2D eigenvalue weighted by atomic mass is 16.5. The van der Waals surface area contributed by atoms with Crippen molar-refractivity contribution in [3.63, 3.8) is 0 Å². The molecule has 0 saturated heterocycles. The van der Waals surface area contributed by atoms with E-state index in [1.807, 2.05) is 0 Å². The normalized spacial score (nSPS) is 10.1. The first kappa shape index (κ1) is 10.2. The van der Waals surface area contributed by atoms with Crippen LogP contribution in [0.4, 0.5) is 5.82 Å². The second-order valence-corrected chi connectivity index (χ2v) is 3.05. The number of carbonyl (C=O) groups excluding carboxylic acids is 1. The van der Waals surface area contributed by atoms with Gasteiger partial charge in [0.15, 0.2) is 5.69 Å². The van der Waals surface area contributed by atoms with Crippen molar-refractivity contribution in [2.24, 2.45) is 0 Å². The van der Waals surface area contributed by atoms with Crippen molar-refractivity contribution in [2.75, 3.05) is 12.8 Å². The van der Waals surface area contributed by atoms with Gasteiger partial charge in [0.05, 0.1) is 12.8 Å². The Labute approximate surface area is 91.7 Å². The molecule has 0 aliphatic rings. The van der Waals surface area contributed by atoms with E-state index in [1.165, 1.54) is 13.4 Å². The lowest BCUT2D eigenvalue weighted by Crippen LogP contribution is -2.07. The molecule has 6 nitrogen and oxygen atoms in total. The molecule has 0 bridgehead atoms. The molecule has 2 aromatic rings. The van der Waals surface area contributed by atoms with E-state index in [-0.39, 0.29) is 11.5 Å². The highest BCUT2D eigenvalue weighted by molar-refractivity contribution is 5.92. The molecular formula is C10H10N4O2. The Balaban J connectivity index is 2.45. The zero-order chi connectivity index (χ0) is 11.5. The van der Waals surface area contributed by atoms with Gasteiger partial charge < -0.3 is 10.5 Å².